The zero-order valence-corrected chi connectivity index (χ0v) is 18.0. The van der Waals surface area contributed by atoms with Crippen LogP contribution >= 0.6 is 22.6 Å². The fourth-order valence-electron chi connectivity index (χ4n) is 2.11. The Morgan fingerprint density at radius 3 is 2.04 bits per heavy atom. The molecule has 2 N–H and O–H groups in total. The average molecular weight is 476 g/mol. The number of ether oxygens (including phenoxy) is 2. The summed E-state index contributed by atoms with van der Waals surface area (Å²) < 4.78 is 11.0. The van der Waals surface area contributed by atoms with E-state index in [-0.39, 0.29) is 0 Å². The van der Waals surface area contributed by atoms with Crippen LogP contribution in [-0.4, -0.2) is 42.3 Å². The number of halogens is 1. The Balaban J connectivity index is 2.97. The molecule has 1 unspecified atom stereocenters. The smallest absolute Gasteiger partial charge is 0.408 e. The van der Waals surface area contributed by atoms with Gasteiger partial charge in [-0.3, -0.25) is 4.79 Å². The van der Waals surface area contributed by atoms with Crippen molar-refractivity contribution >= 4 is 40.6 Å². The number of benzene rings is 1. The summed E-state index contributed by atoms with van der Waals surface area (Å²) in [5.41, 5.74) is -1.44. The molecule has 1 aromatic carbocycles. The molecule has 0 aromatic heterocycles. The molecule has 0 fully saturated rings. The molecule has 0 saturated carbocycles. The molecule has 1 atom stereocenters. The molecule has 0 aliphatic rings. The Labute approximate surface area is 167 Å². The van der Waals surface area contributed by atoms with Crippen LogP contribution in [0, 0.1) is 3.57 Å². The molecule has 1 rings (SSSR count). The van der Waals surface area contributed by atoms with Gasteiger partial charge in [0.2, 0.25) is 0 Å². The summed E-state index contributed by atoms with van der Waals surface area (Å²) in [6, 6.07) is 5.77. The Morgan fingerprint density at radius 2 is 1.58 bits per heavy atom. The lowest BCUT2D eigenvalue weighted by atomic mass is 9.94. The molecule has 0 aliphatic heterocycles. The molecule has 7 nitrogen and oxygen atoms in total. The Kier molecular flexibility index (Phi) is 7.43. The number of alkyl carbamates (subject to hydrolysis) is 1. The highest BCUT2D eigenvalue weighted by Gasteiger charge is 2.39. The first kappa shape index (κ1) is 22.2. The Hall–Kier alpha value is -1.84. The van der Waals surface area contributed by atoms with E-state index in [2.05, 4.69) is 33.2 Å². The number of rotatable bonds is 5. The summed E-state index contributed by atoms with van der Waals surface area (Å²) in [5, 5.41) is 5.24. The topological polar surface area (TPSA) is 93.7 Å². The molecule has 8 heteroatoms. The standard InChI is InChI=1S/C18H25IN2O5/c1-17(2,3)26-16(24)21-18(4,5)13(15(23)25-6)20-14(22)11-7-9-12(19)10-8-11/h7-10,13H,1-6H3,(H,20,22)(H,21,24). The van der Waals surface area contributed by atoms with E-state index in [0.717, 1.165) is 3.57 Å². The van der Waals surface area contributed by atoms with Crippen LogP contribution in [0.15, 0.2) is 24.3 Å². The third-order valence-electron chi connectivity index (χ3n) is 3.36. The third-order valence-corrected chi connectivity index (χ3v) is 4.08. The average Bonchev–Trinajstić information content (AvgIpc) is 2.49. The number of carbonyl (C=O) groups excluding carboxylic acids is 3. The third kappa shape index (κ3) is 6.81. The van der Waals surface area contributed by atoms with Gasteiger partial charge in [0.1, 0.15) is 11.6 Å². The molecule has 2 amide bonds. The van der Waals surface area contributed by atoms with Crippen molar-refractivity contribution in [1.29, 1.82) is 0 Å². The first-order chi connectivity index (χ1) is 11.9. The zero-order chi connectivity index (χ0) is 20.1. The minimum Gasteiger partial charge on any atom is -0.467 e. The molecule has 0 spiro atoms. The van der Waals surface area contributed by atoms with Crippen LogP contribution in [0.5, 0.6) is 0 Å². The van der Waals surface area contributed by atoms with Crippen LogP contribution in [-0.2, 0) is 14.3 Å². The van der Waals surface area contributed by atoms with Gasteiger partial charge >= 0.3 is 12.1 Å². The lowest BCUT2D eigenvalue weighted by Crippen LogP contribution is -2.62. The Morgan fingerprint density at radius 1 is 1.04 bits per heavy atom. The van der Waals surface area contributed by atoms with Crippen molar-refractivity contribution in [2.45, 2.75) is 51.8 Å². The van der Waals surface area contributed by atoms with Crippen molar-refractivity contribution in [1.82, 2.24) is 10.6 Å². The quantitative estimate of drug-likeness (QED) is 0.504. The second-order valence-corrected chi connectivity index (χ2v) is 8.53. The minimum atomic E-state index is -1.14. The van der Waals surface area contributed by atoms with Gasteiger partial charge in [-0.1, -0.05) is 0 Å². The van der Waals surface area contributed by atoms with E-state index in [0.29, 0.717) is 5.56 Å². The minimum absolute atomic E-state index is 0.396. The number of nitrogens with one attached hydrogen (secondary N) is 2. The van der Waals surface area contributed by atoms with Gasteiger partial charge in [0.25, 0.3) is 5.91 Å². The summed E-state index contributed by atoms with van der Waals surface area (Å²) in [5.74, 6) is -1.12. The summed E-state index contributed by atoms with van der Waals surface area (Å²) in [6.07, 6.45) is -0.695. The number of carbonyl (C=O) groups is 3. The van der Waals surface area contributed by atoms with Crippen molar-refractivity contribution in [3.8, 4) is 0 Å². The molecule has 0 bridgehead atoms. The predicted octanol–water partition coefficient (Wildman–Crippen LogP) is 2.87. The molecule has 26 heavy (non-hydrogen) atoms. The van der Waals surface area contributed by atoms with E-state index in [1.54, 1.807) is 58.9 Å². The maximum Gasteiger partial charge on any atom is 0.408 e. The predicted molar refractivity (Wildman–Crippen MR) is 106 cm³/mol. The van der Waals surface area contributed by atoms with E-state index >= 15 is 0 Å². The first-order valence-electron chi connectivity index (χ1n) is 8.01. The van der Waals surface area contributed by atoms with Crippen LogP contribution in [0.1, 0.15) is 45.0 Å². The summed E-state index contributed by atoms with van der Waals surface area (Å²) >= 11 is 2.13. The van der Waals surface area contributed by atoms with Gasteiger partial charge < -0.3 is 20.1 Å². The first-order valence-corrected chi connectivity index (χ1v) is 9.09. The SMILES string of the molecule is COC(=O)C(NC(=O)c1ccc(I)cc1)C(C)(C)NC(=O)OC(C)(C)C. The molecular formula is C18H25IN2O5. The normalized spacial score (nSPS) is 12.7. The molecule has 0 heterocycles. The second-order valence-electron chi connectivity index (χ2n) is 7.29. The molecule has 1 aromatic rings. The number of methoxy groups -OCH3 is 1. The van der Waals surface area contributed by atoms with Crippen LogP contribution in [0.2, 0.25) is 0 Å². The maximum atomic E-state index is 12.5. The van der Waals surface area contributed by atoms with Crippen molar-refractivity contribution in [3.63, 3.8) is 0 Å². The van der Waals surface area contributed by atoms with E-state index in [1.165, 1.54) is 7.11 Å². The van der Waals surface area contributed by atoms with Gasteiger partial charge in [-0.15, -0.1) is 0 Å². The van der Waals surface area contributed by atoms with E-state index in [4.69, 9.17) is 9.47 Å². The summed E-state index contributed by atoms with van der Waals surface area (Å²) in [7, 11) is 1.22. The number of hydrogen-bond donors (Lipinski definition) is 2. The molecule has 0 aliphatic carbocycles. The van der Waals surface area contributed by atoms with E-state index in [9.17, 15) is 14.4 Å². The van der Waals surface area contributed by atoms with Gasteiger partial charge in [0.15, 0.2) is 0 Å². The van der Waals surface area contributed by atoms with E-state index < -0.39 is 35.2 Å². The monoisotopic (exact) mass is 476 g/mol. The van der Waals surface area contributed by atoms with Gasteiger partial charge in [-0.05, 0) is 81.5 Å². The van der Waals surface area contributed by atoms with Crippen LogP contribution < -0.4 is 10.6 Å². The highest BCUT2D eigenvalue weighted by atomic mass is 127. The highest BCUT2D eigenvalue weighted by Crippen LogP contribution is 2.15. The molecule has 144 valence electrons. The van der Waals surface area contributed by atoms with Gasteiger partial charge in [0.05, 0.1) is 12.6 Å². The lowest BCUT2D eigenvalue weighted by molar-refractivity contribution is -0.144. The summed E-state index contributed by atoms with van der Waals surface area (Å²) in [6.45, 7) is 8.40. The number of amides is 2. The second kappa shape index (κ2) is 8.70. The molecule has 0 radical (unpaired) electrons. The number of hydrogen-bond acceptors (Lipinski definition) is 5. The highest BCUT2D eigenvalue weighted by molar-refractivity contribution is 14.1. The van der Waals surface area contributed by atoms with Crippen molar-refractivity contribution in [2.75, 3.05) is 7.11 Å². The van der Waals surface area contributed by atoms with Crippen molar-refractivity contribution in [2.24, 2.45) is 0 Å². The van der Waals surface area contributed by atoms with Crippen molar-refractivity contribution in [3.05, 3.63) is 33.4 Å². The van der Waals surface area contributed by atoms with Crippen LogP contribution in [0.4, 0.5) is 4.79 Å². The largest absolute Gasteiger partial charge is 0.467 e. The fraction of sp³-hybridized carbons (Fsp3) is 0.500. The van der Waals surface area contributed by atoms with Crippen molar-refractivity contribution < 1.29 is 23.9 Å². The Bertz CT molecular complexity index is 665. The van der Waals surface area contributed by atoms with E-state index in [1.807, 2.05) is 0 Å². The van der Waals surface area contributed by atoms with Gasteiger partial charge in [0, 0.05) is 9.13 Å². The zero-order valence-electron chi connectivity index (χ0n) is 15.8. The van der Waals surface area contributed by atoms with Gasteiger partial charge in [-0.2, -0.15) is 0 Å². The van der Waals surface area contributed by atoms with Gasteiger partial charge in [-0.25, -0.2) is 9.59 Å². The van der Waals surface area contributed by atoms with Crippen LogP contribution in [0.25, 0.3) is 0 Å². The number of esters is 1. The molecule has 0 saturated heterocycles. The lowest BCUT2D eigenvalue weighted by Gasteiger charge is -2.34. The molecular weight excluding hydrogens is 451 g/mol. The van der Waals surface area contributed by atoms with Crippen LogP contribution in [0.3, 0.4) is 0 Å². The summed E-state index contributed by atoms with van der Waals surface area (Å²) in [4.78, 5) is 36.8. The maximum absolute atomic E-state index is 12.5. The fourth-order valence-corrected chi connectivity index (χ4v) is 2.47.